The monoisotopic (exact) mass is 264 g/mol. The quantitative estimate of drug-likeness (QED) is 0.569. The lowest BCUT2D eigenvalue weighted by Crippen LogP contribution is -2.02. The van der Waals surface area contributed by atoms with Gasteiger partial charge in [-0.2, -0.15) is 5.10 Å². The third-order valence-electron chi connectivity index (χ3n) is 3.34. The average Bonchev–Trinajstić information content (AvgIpc) is 3.01. The highest BCUT2D eigenvalue weighted by molar-refractivity contribution is 6.03. The van der Waals surface area contributed by atoms with E-state index in [0.29, 0.717) is 5.95 Å². The van der Waals surface area contributed by atoms with Crippen LogP contribution in [0.3, 0.4) is 0 Å². The standard InChI is InChI=1S/C14H12N6/c1-19-7-6-12(18-19)20-13-9-4-2-3-5-10(9)16-8-11(13)17-14(20)15/h2-8H,1H3,(H2,15,17). The smallest absolute Gasteiger partial charge is 0.207 e. The van der Waals surface area contributed by atoms with Crippen molar-refractivity contribution in [2.24, 2.45) is 7.05 Å². The number of nitrogen functional groups attached to an aromatic ring is 1. The molecule has 98 valence electrons. The molecule has 0 atom stereocenters. The zero-order valence-corrected chi connectivity index (χ0v) is 10.9. The largest absolute Gasteiger partial charge is 0.369 e. The Kier molecular flexibility index (Phi) is 2.09. The summed E-state index contributed by atoms with van der Waals surface area (Å²) in [5.41, 5.74) is 8.68. The van der Waals surface area contributed by atoms with Gasteiger partial charge in [-0.15, -0.1) is 0 Å². The minimum absolute atomic E-state index is 0.414. The summed E-state index contributed by atoms with van der Waals surface area (Å²) in [5.74, 6) is 1.17. The van der Waals surface area contributed by atoms with E-state index in [9.17, 15) is 0 Å². The molecule has 0 aliphatic heterocycles. The van der Waals surface area contributed by atoms with Crippen molar-refractivity contribution >= 4 is 27.9 Å². The van der Waals surface area contributed by atoms with Crippen LogP contribution < -0.4 is 5.73 Å². The molecule has 6 heteroatoms. The number of benzene rings is 1. The first-order valence-corrected chi connectivity index (χ1v) is 6.26. The highest BCUT2D eigenvalue weighted by Gasteiger charge is 2.15. The summed E-state index contributed by atoms with van der Waals surface area (Å²) in [7, 11) is 1.87. The van der Waals surface area contributed by atoms with Gasteiger partial charge in [0.2, 0.25) is 5.95 Å². The molecule has 4 aromatic rings. The highest BCUT2D eigenvalue weighted by Crippen LogP contribution is 2.27. The topological polar surface area (TPSA) is 74.5 Å². The molecule has 2 N–H and O–H groups in total. The molecular weight excluding hydrogens is 252 g/mol. The van der Waals surface area contributed by atoms with Crippen molar-refractivity contribution in [1.82, 2.24) is 24.3 Å². The van der Waals surface area contributed by atoms with Gasteiger partial charge in [-0.05, 0) is 6.07 Å². The lowest BCUT2D eigenvalue weighted by molar-refractivity contribution is 0.755. The number of nitrogens with zero attached hydrogens (tertiary/aromatic N) is 5. The van der Waals surface area contributed by atoms with Crippen LogP contribution in [0.1, 0.15) is 0 Å². The lowest BCUT2D eigenvalue weighted by Gasteiger charge is -2.04. The zero-order chi connectivity index (χ0) is 13.7. The summed E-state index contributed by atoms with van der Waals surface area (Å²) in [6, 6.07) is 9.85. The molecule has 0 aliphatic rings. The Morgan fingerprint density at radius 1 is 1.10 bits per heavy atom. The summed E-state index contributed by atoms with van der Waals surface area (Å²) < 4.78 is 3.60. The molecule has 20 heavy (non-hydrogen) atoms. The molecule has 0 aliphatic carbocycles. The van der Waals surface area contributed by atoms with Gasteiger partial charge in [-0.3, -0.25) is 14.2 Å². The Balaban J connectivity index is 2.19. The number of imidazole rings is 1. The second-order valence-corrected chi connectivity index (χ2v) is 4.66. The summed E-state index contributed by atoms with van der Waals surface area (Å²) in [4.78, 5) is 8.78. The van der Waals surface area contributed by atoms with Crippen molar-refractivity contribution in [1.29, 1.82) is 0 Å². The third kappa shape index (κ3) is 1.41. The molecule has 0 fully saturated rings. The number of anilines is 1. The van der Waals surface area contributed by atoms with Crippen LogP contribution in [0.4, 0.5) is 5.95 Å². The maximum Gasteiger partial charge on any atom is 0.207 e. The minimum atomic E-state index is 0.414. The molecule has 3 aromatic heterocycles. The fourth-order valence-electron chi connectivity index (χ4n) is 2.48. The molecule has 0 radical (unpaired) electrons. The van der Waals surface area contributed by atoms with Crippen molar-refractivity contribution in [3.8, 4) is 5.82 Å². The molecule has 0 bridgehead atoms. The van der Waals surface area contributed by atoms with Crippen LogP contribution in [0, 0.1) is 0 Å². The van der Waals surface area contributed by atoms with Crippen molar-refractivity contribution < 1.29 is 0 Å². The molecule has 0 saturated carbocycles. The molecule has 6 nitrogen and oxygen atoms in total. The molecule has 4 rings (SSSR count). The first kappa shape index (κ1) is 11.0. The van der Waals surface area contributed by atoms with Gasteiger partial charge >= 0.3 is 0 Å². The van der Waals surface area contributed by atoms with E-state index in [4.69, 9.17) is 5.73 Å². The van der Waals surface area contributed by atoms with E-state index in [1.54, 1.807) is 10.9 Å². The average molecular weight is 264 g/mol. The van der Waals surface area contributed by atoms with Crippen LogP contribution >= 0.6 is 0 Å². The number of para-hydroxylation sites is 1. The highest BCUT2D eigenvalue weighted by atomic mass is 15.3. The van der Waals surface area contributed by atoms with E-state index >= 15 is 0 Å². The van der Waals surface area contributed by atoms with Crippen molar-refractivity contribution in [3.05, 3.63) is 42.7 Å². The van der Waals surface area contributed by atoms with Crippen molar-refractivity contribution in [2.45, 2.75) is 0 Å². The van der Waals surface area contributed by atoms with Gasteiger partial charge in [0.05, 0.1) is 17.2 Å². The van der Waals surface area contributed by atoms with Crippen molar-refractivity contribution in [3.63, 3.8) is 0 Å². The van der Waals surface area contributed by atoms with Crippen LogP contribution in [-0.4, -0.2) is 24.3 Å². The van der Waals surface area contributed by atoms with E-state index in [1.807, 2.05) is 48.1 Å². The van der Waals surface area contributed by atoms with Gasteiger partial charge < -0.3 is 5.73 Å². The number of pyridine rings is 1. The zero-order valence-electron chi connectivity index (χ0n) is 10.9. The number of nitrogens with two attached hydrogens (primary N) is 1. The van der Waals surface area contributed by atoms with Crippen LogP contribution in [0.2, 0.25) is 0 Å². The number of fused-ring (bicyclic) bond motifs is 3. The summed E-state index contributed by atoms with van der Waals surface area (Å²) in [5, 5.41) is 5.42. The van der Waals surface area contributed by atoms with Gasteiger partial charge in [-0.1, -0.05) is 18.2 Å². The molecule has 0 spiro atoms. The number of aryl methyl sites for hydroxylation is 1. The maximum absolute atomic E-state index is 6.06. The van der Waals surface area contributed by atoms with E-state index in [2.05, 4.69) is 15.1 Å². The minimum Gasteiger partial charge on any atom is -0.369 e. The first-order valence-electron chi connectivity index (χ1n) is 6.26. The Bertz CT molecular complexity index is 933. The molecule has 0 amide bonds. The fourth-order valence-corrected chi connectivity index (χ4v) is 2.48. The van der Waals surface area contributed by atoms with Crippen LogP contribution in [-0.2, 0) is 7.05 Å². The number of aromatic nitrogens is 5. The van der Waals surface area contributed by atoms with Crippen LogP contribution in [0.15, 0.2) is 42.7 Å². The number of hydrogen-bond donors (Lipinski definition) is 1. The first-order chi connectivity index (χ1) is 9.74. The predicted octanol–water partition coefficient (Wildman–Crippen LogP) is 1.89. The van der Waals surface area contributed by atoms with Gasteiger partial charge in [0.1, 0.15) is 5.52 Å². The SMILES string of the molecule is Cn1ccc(-n2c(N)nc3cnc4ccccc4c32)n1. The lowest BCUT2D eigenvalue weighted by atomic mass is 10.2. The number of hydrogen-bond acceptors (Lipinski definition) is 4. The van der Waals surface area contributed by atoms with Crippen LogP contribution in [0.25, 0.3) is 27.8 Å². The van der Waals surface area contributed by atoms with Crippen molar-refractivity contribution in [2.75, 3.05) is 5.73 Å². The van der Waals surface area contributed by atoms with Gasteiger partial charge in [0, 0.05) is 24.7 Å². The van der Waals surface area contributed by atoms with Gasteiger partial charge in [0.25, 0.3) is 0 Å². The third-order valence-corrected chi connectivity index (χ3v) is 3.34. The number of rotatable bonds is 1. The van der Waals surface area contributed by atoms with Gasteiger partial charge in [0.15, 0.2) is 5.82 Å². The Morgan fingerprint density at radius 3 is 2.75 bits per heavy atom. The summed E-state index contributed by atoms with van der Waals surface area (Å²) in [6.45, 7) is 0. The summed E-state index contributed by atoms with van der Waals surface area (Å²) >= 11 is 0. The fraction of sp³-hybridized carbons (Fsp3) is 0.0714. The van der Waals surface area contributed by atoms with Crippen LogP contribution in [0.5, 0.6) is 0 Å². The van der Waals surface area contributed by atoms with E-state index < -0.39 is 0 Å². The predicted molar refractivity (Wildman–Crippen MR) is 77.5 cm³/mol. The second kappa shape index (κ2) is 3.80. The molecular formula is C14H12N6. The Morgan fingerprint density at radius 2 is 1.95 bits per heavy atom. The van der Waals surface area contributed by atoms with Gasteiger partial charge in [-0.25, -0.2) is 4.98 Å². The molecule has 1 aromatic carbocycles. The normalized spacial score (nSPS) is 11.4. The van der Waals surface area contributed by atoms with E-state index in [-0.39, 0.29) is 0 Å². The molecule has 3 heterocycles. The Hall–Kier alpha value is -2.89. The second-order valence-electron chi connectivity index (χ2n) is 4.66. The van der Waals surface area contributed by atoms with E-state index in [1.165, 1.54) is 0 Å². The molecule has 0 saturated heterocycles. The Labute approximate surface area is 114 Å². The maximum atomic E-state index is 6.06. The van der Waals surface area contributed by atoms with E-state index in [0.717, 1.165) is 27.8 Å². The summed E-state index contributed by atoms with van der Waals surface area (Å²) in [6.07, 6.45) is 3.62. The molecule has 0 unspecified atom stereocenters.